The number of hydrogen-bond acceptors (Lipinski definition) is 5. The Hall–Kier alpha value is -1.92. The highest BCUT2D eigenvalue weighted by Gasteiger charge is 2.06. The molecule has 0 saturated heterocycles. The summed E-state index contributed by atoms with van der Waals surface area (Å²) in [6, 6.07) is 5.99. The maximum absolute atomic E-state index is 5.93. The summed E-state index contributed by atoms with van der Waals surface area (Å²) in [7, 11) is 0. The molecule has 3 rings (SSSR count). The first-order chi connectivity index (χ1) is 10.6. The fraction of sp³-hybridized carbons (Fsp3) is 0.267. The molecule has 3 aromatic rings. The smallest absolute Gasteiger partial charge is 0.174 e. The number of aromatic nitrogens is 4. The van der Waals surface area contributed by atoms with Crippen LogP contribution >= 0.6 is 22.9 Å². The molecular formula is C15H16ClN5S. The first-order valence-corrected chi connectivity index (χ1v) is 8.15. The number of hydrogen-bond donors (Lipinski definition) is 1. The molecule has 0 atom stereocenters. The predicted octanol–water partition coefficient (Wildman–Crippen LogP) is 3.65. The Bertz CT molecular complexity index is 780. The van der Waals surface area contributed by atoms with Crippen LogP contribution in [0.4, 0.5) is 5.82 Å². The summed E-state index contributed by atoms with van der Waals surface area (Å²) in [6.07, 6.45) is 4.34. The number of halogens is 1. The molecular weight excluding hydrogens is 318 g/mol. The molecule has 3 aromatic heterocycles. The van der Waals surface area contributed by atoms with Crippen molar-refractivity contribution in [1.29, 1.82) is 0 Å². The quantitative estimate of drug-likeness (QED) is 0.774. The van der Waals surface area contributed by atoms with E-state index in [0.29, 0.717) is 0 Å². The SMILES string of the molecule is Cc1cc(C)n(-c2cncc(NCCc3ccc(Cl)s3)n2)n1. The molecule has 0 amide bonds. The average molecular weight is 334 g/mol. The lowest BCUT2D eigenvalue weighted by Gasteiger charge is -2.07. The Morgan fingerprint density at radius 2 is 2.14 bits per heavy atom. The second-order valence-corrected chi connectivity index (χ2v) is 6.78. The van der Waals surface area contributed by atoms with Crippen molar-refractivity contribution in [2.45, 2.75) is 20.3 Å². The van der Waals surface area contributed by atoms with E-state index in [9.17, 15) is 0 Å². The molecule has 22 heavy (non-hydrogen) atoms. The zero-order chi connectivity index (χ0) is 15.5. The average Bonchev–Trinajstić information content (AvgIpc) is 3.05. The van der Waals surface area contributed by atoms with Gasteiger partial charge in [0, 0.05) is 17.1 Å². The van der Waals surface area contributed by atoms with Gasteiger partial charge in [-0.25, -0.2) is 9.67 Å². The molecule has 0 aliphatic heterocycles. The van der Waals surface area contributed by atoms with Crippen LogP contribution in [0, 0.1) is 13.8 Å². The summed E-state index contributed by atoms with van der Waals surface area (Å²) in [4.78, 5) is 10.0. The van der Waals surface area contributed by atoms with Crippen molar-refractivity contribution >= 4 is 28.8 Å². The van der Waals surface area contributed by atoms with Crippen LogP contribution in [-0.2, 0) is 6.42 Å². The molecule has 0 bridgehead atoms. The molecule has 5 nitrogen and oxygen atoms in total. The van der Waals surface area contributed by atoms with E-state index in [2.05, 4.69) is 20.4 Å². The van der Waals surface area contributed by atoms with Gasteiger partial charge in [-0.1, -0.05) is 11.6 Å². The third-order valence-corrected chi connectivity index (χ3v) is 4.45. The van der Waals surface area contributed by atoms with Gasteiger partial charge < -0.3 is 5.32 Å². The highest BCUT2D eigenvalue weighted by Crippen LogP contribution is 2.21. The van der Waals surface area contributed by atoms with Gasteiger partial charge in [0.1, 0.15) is 5.82 Å². The van der Waals surface area contributed by atoms with Gasteiger partial charge in [0.25, 0.3) is 0 Å². The third kappa shape index (κ3) is 3.45. The summed E-state index contributed by atoms with van der Waals surface area (Å²) in [6.45, 7) is 4.75. The van der Waals surface area contributed by atoms with Gasteiger partial charge in [-0.05, 0) is 38.5 Å². The van der Waals surface area contributed by atoms with Crippen molar-refractivity contribution in [1.82, 2.24) is 19.7 Å². The number of nitrogens with zero attached hydrogens (tertiary/aromatic N) is 4. The van der Waals surface area contributed by atoms with Gasteiger partial charge in [0.05, 0.1) is 22.4 Å². The van der Waals surface area contributed by atoms with E-state index in [4.69, 9.17) is 11.6 Å². The maximum Gasteiger partial charge on any atom is 0.174 e. The van der Waals surface area contributed by atoms with Crippen molar-refractivity contribution < 1.29 is 0 Å². The van der Waals surface area contributed by atoms with Gasteiger partial charge in [-0.15, -0.1) is 11.3 Å². The fourth-order valence-electron chi connectivity index (χ4n) is 2.20. The van der Waals surface area contributed by atoms with E-state index < -0.39 is 0 Å². The lowest BCUT2D eigenvalue weighted by Crippen LogP contribution is -2.09. The molecule has 0 radical (unpaired) electrons. The molecule has 0 unspecified atom stereocenters. The number of aryl methyl sites for hydroxylation is 2. The van der Waals surface area contributed by atoms with Gasteiger partial charge in [0.2, 0.25) is 0 Å². The first kappa shape index (κ1) is 15.0. The number of thiophene rings is 1. The standard InChI is InChI=1S/C15H16ClN5S/c1-10-7-11(2)21(20-10)15-9-17-8-14(19-15)18-6-5-12-3-4-13(16)22-12/h3-4,7-9H,5-6H2,1-2H3,(H,18,19). The van der Waals surface area contributed by atoms with E-state index in [1.165, 1.54) is 4.88 Å². The van der Waals surface area contributed by atoms with Crippen molar-refractivity contribution in [3.05, 3.63) is 51.2 Å². The summed E-state index contributed by atoms with van der Waals surface area (Å²) < 4.78 is 2.62. The summed E-state index contributed by atoms with van der Waals surface area (Å²) >= 11 is 7.53. The summed E-state index contributed by atoms with van der Waals surface area (Å²) in [5, 5.41) is 7.71. The van der Waals surface area contributed by atoms with Crippen LogP contribution in [0.2, 0.25) is 4.34 Å². The molecule has 7 heteroatoms. The Morgan fingerprint density at radius 3 is 2.82 bits per heavy atom. The second kappa shape index (κ2) is 6.46. The van der Waals surface area contributed by atoms with Crippen LogP contribution < -0.4 is 5.32 Å². The van der Waals surface area contributed by atoms with Crippen molar-refractivity contribution in [2.24, 2.45) is 0 Å². The largest absolute Gasteiger partial charge is 0.368 e. The molecule has 0 aliphatic rings. The van der Waals surface area contributed by atoms with E-state index in [0.717, 1.165) is 40.3 Å². The topological polar surface area (TPSA) is 55.6 Å². The maximum atomic E-state index is 5.93. The number of anilines is 1. The predicted molar refractivity (Wildman–Crippen MR) is 90.2 cm³/mol. The number of rotatable bonds is 5. The second-order valence-electron chi connectivity index (χ2n) is 4.98. The lowest BCUT2D eigenvalue weighted by atomic mass is 10.3. The number of nitrogens with one attached hydrogen (secondary N) is 1. The Kier molecular flexibility index (Phi) is 4.40. The molecule has 0 fully saturated rings. The van der Waals surface area contributed by atoms with E-state index >= 15 is 0 Å². The van der Waals surface area contributed by atoms with Crippen molar-refractivity contribution in [3.63, 3.8) is 0 Å². The van der Waals surface area contributed by atoms with Gasteiger partial charge in [0.15, 0.2) is 5.82 Å². The fourth-order valence-corrected chi connectivity index (χ4v) is 3.29. The van der Waals surface area contributed by atoms with Crippen molar-refractivity contribution in [3.8, 4) is 5.82 Å². The Morgan fingerprint density at radius 1 is 1.27 bits per heavy atom. The van der Waals surface area contributed by atoms with Crippen LogP contribution in [0.25, 0.3) is 5.82 Å². The molecule has 114 valence electrons. The zero-order valence-corrected chi connectivity index (χ0v) is 13.9. The van der Waals surface area contributed by atoms with Crippen LogP contribution in [-0.4, -0.2) is 26.3 Å². The zero-order valence-electron chi connectivity index (χ0n) is 12.4. The molecule has 0 spiro atoms. The molecule has 0 saturated carbocycles. The molecule has 0 aromatic carbocycles. The lowest BCUT2D eigenvalue weighted by molar-refractivity contribution is 0.799. The van der Waals surface area contributed by atoms with Gasteiger partial charge >= 0.3 is 0 Å². The summed E-state index contributed by atoms with van der Waals surface area (Å²) in [5.74, 6) is 1.46. The monoisotopic (exact) mass is 333 g/mol. The van der Waals surface area contributed by atoms with Gasteiger partial charge in [-0.2, -0.15) is 5.10 Å². The highest BCUT2D eigenvalue weighted by atomic mass is 35.5. The minimum Gasteiger partial charge on any atom is -0.368 e. The van der Waals surface area contributed by atoms with Crippen LogP contribution in [0.1, 0.15) is 16.3 Å². The first-order valence-electron chi connectivity index (χ1n) is 6.95. The minimum atomic E-state index is 0.717. The highest BCUT2D eigenvalue weighted by molar-refractivity contribution is 7.16. The van der Waals surface area contributed by atoms with Crippen LogP contribution in [0.15, 0.2) is 30.6 Å². The van der Waals surface area contributed by atoms with E-state index in [1.54, 1.807) is 28.4 Å². The Labute approximate surface area is 138 Å². The molecule has 3 heterocycles. The normalized spacial score (nSPS) is 10.9. The molecule has 0 aliphatic carbocycles. The van der Waals surface area contributed by atoms with Gasteiger partial charge in [-0.3, -0.25) is 4.98 Å². The van der Waals surface area contributed by atoms with Crippen molar-refractivity contribution in [2.75, 3.05) is 11.9 Å². The summed E-state index contributed by atoms with van der Waals surface area (Å²) in [5.41, 5.74) is 2.00. The van der Waals surface area contributed by atoms with E-state index in [1.807, 2.05) is 32.0 Å². The Balaban J connectivity index is 1.67. The van der Waals surface area contributed by atoms with E-state index in [-0.39, 0.29) is 0 Å². The third-order valence-electron chi connectivity index (χ3n) is 3.15. The van der Waals surface area contributed by atoms with Crippen LogP contribution in [0.5, 0.6) is 0 Å². The van der Waals surface area contributed by atoms with Crippen LogP contribution in [0.3, 0.4) is 0 Å². The molecule has 1 N–H and O–H groups in total. The minimum absolute atomic E-state index is 0.717.